The highest BCUT2D eigenvalue weighted by Gasteiger charge is 2.25. The summed E-state index contributed by atoms with van der Waals surface area (Å²) >= 11 is 0. The quantitative estimate of drug-likeness (QED) is 0.541. The molecule has 1 unspecified atom stereocenters. The zero-order chi connectivity index (χ0) is 22.3. The van der Waals surface area contributed by atoms with E-state index in [1.54, 1.807) is 0 Å². The predicted molar refractivity (Wildman–Crippen MR) is 118 cm³/mol. The topological polar surface area (TPSA) is 112 Å². The number of hydrogen-bond acceptors (Lipinski definition) is 4. The van der Waals surface area contributed by atoms with E-state index < -0.39 is 27.2 Å². The third-order valence-corrected chi connectivity index (χ3v) is 6.53. The van der Waals surface area contributed by atoms with E-state index >= 15 is 0 Å². The van der Waals surface area contributed by atoms with Crippen molar-refractivity contribution in [3.05, 3.63) is 74.3 Å². The normalized spacial score (nSPS) is 13.7. The number of benzene rings is 2. The molecular formula is C22H27N3O4S. The minimum Gasteiger partial charge on any atom is -0.316 e. The van der Waals surface area contributed by atoms with Crippen LogP contribution < -0.4 is 15.8 Å². The average Bonchev–Trinajstić information content (AvgIpc) is 2.66. The van der Waals surface area contributed by atoms with Gasteiger partial charge in [-0.05, 0) is 40.7 Å². The highest BCUT2D eigenvalue weighted by Crippen LogP contribution is 2.28. The second-order valence-electron chi connectivity index (χ2n) is 8.83. The molecule has 30 heavy (non-hydrogen) atoms. The Hall–Kier alpha value is -2.71. The van der Waals surface area contributed by atoms with E-state index in [2.05, 4.69) is 35.5 Å². The van der Waals surface area contributed by atoms with Gasteiger partial charge in [0, 0.05) is 6.04 Å². The van der Waals surface area contributed by atoms with E-state index in [1.165, 1.54) is 23.8 Å². The zero-order valence-electron chi connectivity index (χ0n) is 17.7. The first-order valence-electron chi connectivity index (χ1n) is 9.77. The van der Waals surface area contributed by atoms with E-state index in [1.807, 2.05) is 38.1 Å². The van der Waals surface area contributed by atoms with E-state index in [0.717, 1.165) is 5.56 Å². The van der Waals surface area contributed by atoms with Crippen molar-refractivity contribution < 1.29 is 8.42 Å². The Morgan fingerprint density at radius 2 is 1.43 bits per heavy atom. The minimum atomic E-state index is -3.87. The molecule has 8 heteroatoms. The molecule has 3 rings (SSSR count). The molecule has 0 bridgehead atoms. The number of rotatable bonds is 5. The predicted octanol–water partition coefficient (Wildman–Crippen LogP) is 3.19. The molecule has 0 radical (unpaired) electrons. The fourth-order valence-electron chi connectivity index (χ4n) is 3.28. The highest BCUT2D eigenvalue weighted by molar-refractivity contribution is 7.89. The van der Waals surface area contributed by atoms with Gasteiger partial charge >= 0.3 is 11.1 Å². The van der Waals surface area contributed by atoms with Crippen LogP contribution >= 0.6 is 0 Å². The molecule has 0 spiro atoms. The monoisotopic (exact) mass is 429 g/mol. The van der Waals surface area contributed by atoms with Crippen LogP contribution in [-0.2, 0) is 15.4 Å². The molecule has 3 N–H and O–H groups in total. The number of aromatic amines is 2. The third kappa shape index (κ3) is 4.55. The number of H-pyrrole nitrogens is 2. The Kier molecular flexibility index (Phi) is 5.75. The third-order valence-electron chi connectivity index (χ3n) is 5.09. The molecule has 2 aromatic carbocycles. The first-order chi connectivity index (χ1) is 13.9. The molecule has 0 saturated heterocycles. The van der Waals surface area contributed by atoms with Gasteiger partial charge in [-0.1, -0.05) is 58.9 Å². The van der Waals surface area contributed by atoms with Gasteiger partial charge in [0.15, 0.2) is 0 Å². The maximum Gasteiger partial charge on any atom is 0.314 e. The summed E-state index contributed by atoms with van der Waals surface area (Å²) in [5, 5.41) is 0. The van der Waals surface area contributed by atoms with Crippen LogP contribution in [0.1, 0.15) is 51.8 Å². The van der Waals surface area contributed by atoms with Crippen molar-refractivity contribution in [2.75, 3.05) is 0 Å². The van der Waals surface area contributed by atoms with Crippen molar-refractivity contribution >= 4 is 21.1 Å². The van der Waals surface area contributed by atoms with E-state index in [0.29, 0.717) is 5.52 Å². The molecule has 0 aliphatic heterocycles. The van der Waals surface area contributed by atoms with Crippen molar-refractivity contribution in [3.63, 3.8) is 0 Å². The molecule has 1 atom stereocenters. The summed E-state index contributed by atoms with van der Waals surface area (Å²) in [5.74, 6) is 0.0110. The Balaban J connectivity index is 1.96. The van der Waals surface area contributed by atoms with Crippen LogP contribution in [0.2, 0.25) is 0 Å². The summed E-state index contributed by atoms with van der Waals surface area (Å²) in [6, 6.07) is 11.7. The van der Waals surface area contributed by atoms with Crippen molar-refractivity contribution in [1.29, 1.82) is 0 Å². The maximum absolute atomic E-state index is 13.1. The van der Waals surface area contributed by atoms with Crippen LogP contribution in [0.5, 0.6) is 0 Å². The summed E-state index contributed by atoms with van der Waals surface area (Å²) in [6.45, 7) is 10.3. The van der Waals surface area contributed by atoms with Gasteiger partial charge in [-0.25, -0.2) is 13.1 Å². The first-order valence-corrected chi connectivity index (χ1v) is 11.3. The molecule has 0 saturated carbocycles. The Morgan fingerprint density at radius 3 is 1.97 bits per heavy atom. The molecule has 0 aliphatic carbocycles. The lowest BCUT2D eigenvalue weighted by Gasteiger charge is -2.25. The molecule has 160 valence electrons. The van der Waals surface area contributed by atoms with Crippen molar-refractivity contribution in [2.24, 2.45) is 5.92 Å². The summed E-state index contributed by atoms with van der Waals surface area (Å²) in [5.41, 5.74) is 1.05. The van der Waals surface area contributed by atoms with Gasteiger partial charge in [0.05, 0.1) is 15.9 Å². The van der Waals surface area contributed by atoms with Crippen LogP contribution in [0.4, 0.5) is 0 Å². The van der Waals surface area contributed by atoms with Gasteiger partial charge in [0.1, 0.15) is 0 Å². The molecule has 7 nitrogen and oxygen atoms in total. The second-order valence-corrected chi connectivity index (χ2v) is 10.5. The van der Waals surface area contributed by atoms with Gasteiger partial charge in [0.25, 0.3) is 0 Å². The molecular weight excluding hydrogens is 402 g/mol. The summed E-state index contributed by atoms with van der Waals surface area (Å²) in [4.78, 5) is 27.9. The molecule has 1 heterocycles. The lowest BCUT2D eigenvalue weighted by molar-refractivity contribution is 0.462. The SMILES string of the molecule is CC(C)C(NS(=O)(=O)c1ccc2[nH]c(=O)c(=O)[nH]c2c1)c1ccc(C(C)(C)C)cc1. The summed E-state index contributed by atoms with van der Waals surface area (Å²) in [7, 11) is -3.87. The van der Waals surface area contributed by atoms with Crippen LogP contribution in [-0.4, -0.2) is 18.4 Å². The van der Waals surface area contributed by atoms with Gasteiger partial charge in [0.2, 0.25) is 10.0 Å². The van der Waals surface area contributed by atoms with Gasteiger partial charge in [-0.15, -0.1) is 0 Å². The van der Waals surface area contributed by atoms with Crippen molar-refractivity contribution in [1.82, 2.24) is 14.7 Å². The Morgan fingerprint density at radius 1 is 0.867 bits per heavy atom. The standard InChI is InChI=1S/C22H27N3O4S/c1-13(2)19(14-6-8-15(9-7-14)22(3,4)5)25-30(28,29)16-10-11-17-18(12-16)24-21(27)20(26)23-17/h6-13,19,25H,1-5H3,(H,23,26)(H,24,27). The number of nitrogens with one attached hydrogen (secondary N) is 3. The van der Waals surface area contributed by atoms with E-state index in [-0.39, 0.29) is 21.7 Å². The minimum absolute atomic E-state index is 0.00828. The molecule has 1 aromatic heterocycles. The van der Waals surface area contributed by atoms with Gasteiger partial charge in [-0.3, -0.25) is 9.59 Å². The molecule has 0 fully saturated rings. The average molecular weight is 430 g/mol. The number of hydrogen-bond donors (Lipinski definition) is 3. The van der Waals surface area contributed by atoms with Crippen LogP contribution in [0.15, 0.2) is 56.9 Å². The summed E-state index contributed by atoms with van der Waals surface area (Å²) < 4.78 is 28.9. The first kappa shape index (κ1) is 22.0. The second kappa shape index (κ2) is 7.85. The zero-order valence-corrected chi connectivity index (χ0v) is 18.6. The van der Waals surface area contributed by atoms with Crippen molar-refractivity contribution in [2.45, 2.75) is 51.0 Å². The van der Waals surface area contributed by atoms with Crippen LogP contribution in [0.3, 0.4) is 0 Å². The number of aromatic nitrogens is 2. The lowest BCUT2D eigenvalue weighted by Crippen LogP contribution is -2.32. The number of sulfonamides is 1. The molecule has 0 aliphatic rings. The van der Waals surface area contributed by atoms with Gasteiger partial charge in [-0.2, -0.15) is 0 Å². The highest BCUT2D eigenvalue weighted by atomic mass is 32.2. The van der Waals surface area contributed by atoms with Crippen LogP contribution in [0.25, 0.3) is 11.0 Å². The van der Waals surface area contributed by atoms with E-state index in [9.17, 15) is 18.0 Å². The van der Waals surface area contributed by atoms with E-state index in [4.69, 9.17) is 0 Å². The van der Waals surface area contributed by atoms with Gasteiger partial charge < -0.3 is 9.97 Å². The van der Waals surface area contributed by atoms with Crippen molar-refractivity contribution in [3.8, 4) is 0 Å². The summed E-state index contributed by atoms with van der Waals surface area (Å²) in [6.07, 6.45) is 0. The fourth-order valence-corrected chi connectivity index (χ4v) is 4.67. The maximum atomic E-state index is 13.1. The number of fused-ring (bicyclic) bond motifs is 1. The smallest absolute Gasteiger partial charge is 0.314 e. The Bertz CT molecular complexity index is 1280. The fraction of sp³-hybridized carbons (Fsp3) is 0.364. The molecule has 3 aromatic rings. The lowest BCUT2D eigenvalue weighted by atomic mass is 9.85. The Labute approximate surface area is 175 Å². The largest absolute Gasteiger partial charge is 0.316 e. The molecule has 0 amide bonds. The van der Waals surface area contributed by atoms with Crippen LogP contribution in [0, 0.1) is 5.92 Å².